The van der Waals surface area contributed by atoms with Gasteiger partial charge in [0.1, 0.15) is 5.78 Å². The van der Waals surface area contributed by atoms with Crippen LogP contribution in [0.5, 0.6) is 0 Å². The maximum Gasteiger partial charge on any atom is 0.131 e. The van der Waals surface area contributed by atoms with Crippen LogP contribution < -0.4 is 0 Å². The highest BCUT2D eigenvalue weighted by molar-refractivity contribution is 7.85. The van der Waals surface area contributed by atoms with E-state index in [0.717, 1.165) is 0 Å². The molecule has 72 valence electrons. The molecule has 12 heavy (non-hydrogen) atoms. The molecule has 0 amide bonds. The van der Waals surface area contributed by atoms with Crippen molar-refractivity contribution >= 4 is 16.6 Å². The van der Waals surface area contributed by atoms with Gasteiger partial charge in [0.05, 0.1) is 6.61 Å². The Morgan fingerprint density at radius 2 is 2.17 bits per heavy atom. The van der Waals surface area contributed by atoms with Gasteiger partial charge in [-0.05, 0) is 6.92 Å². The van der Waals surface area contributed by atoms with E-state index in [4.69, 9.17) is 4.74 Å². The number of carbonyl (C=O) groups is 1. The fourth-order valence-electron chi connectivity index (χ4n) is 0.864. The molecule has 0 aliphatic heterocycles. The van der Waals surface area contributed by atoms with Gasteiger partial charge in [-0.1, -0.05) is 6.92 Å². The summed E-state index contributed by atoms with van der Waals surface area (Å²) in [5, 5.41) is -0.0438. The Hall–Kier alpha value is -0.220. The molecule has 0 aromatic rings. The molecule has 0 aromatic heterocycles. The number of ketones is 1. The monoisotopic (exact) mass is 192 g/mol. The molecule has 0 spiro atoms. The Bertz CT molecular complexity index is 168. The van der Waals surface area contributed by atoms with Crippen LogP contribution in [0, 0.1) is 0 Å². The largest absolute Gasteiger partial charge is 0.384 e. The van der Waals surface area contributed by atoms with Crippen LogP contribution in [0.4, 0.5) is 0 Å². The van der Waals surface area contributed by atoms with E-state index in [-0.39, 0.29) is 11.0 Å². The number of hydrogen-bond donors (Lipinski definition) is 0. The lowest BCUT2D eigenvalue weighted by atomic mass is 10.2. The van der Waals surface area contributed by atoms with Crippen LogP contribution >= 0.6 is 0 Å². The van der Waals surface area contributed by atoms with Crippen LogP contribution in [0.3, 0.4) is 0 Å². The molecule has 0 aliphatic carbocycles. The summed E-state index contributed by atoms with van der Waals surface area (Å²) < 4.78 is 16.1. The number of ether oxygens (including phenoxy) is 1. The summed E-state index contributed by atoms with van der Waals surface area (Å²) in [5.41, 5.74) is 0. The quantitative estimate of drug-likeness (QED) is 0.623. The topological polar surface area (TPSA) is 43.4 Å². The molecule has 0 saturated carbocycles. The van der Waals surface area contributed by atoms with Crippen molar-refractivity contribution in [1.29, 1.82) is 0 Å². The zero-order chi connectivity index (χ0) is 9.56. The molecule has 2 unspecified atom stereocenters. The van der Waals surface area contributed by atoms with Crippen LogP contribution in [0.1, 0.15) is 20.3 Å². The van der Waals surface area contributed by atoms with Gasteiger partial charge in [0.2, 0.25) is 0 Å². The van der Waals surface area contributed by atoms with E-state index in [1.165, 1.54) is 6.92 Å². The van der Waals surface area contributed by atoms with Gasteiger partial charge in [0.25, 0.3) is 0 Å². The number of methoxy groups -OCH3 is 1. The second-order valence-electron chi connectivity index (χ2n) is 2.79. The zero-order valence-corrected chi connectivity index (χ0v) is 8.65. The molecule has 0 radical (unpaired) electrons. The Morgan fingerprint density at radius 3 is 2.58 bits per heavy atom. The van der Waals surface area contributed by atoms with E-state index in [1.54, 1.807) is 7.11 Å². The van der Waals surface area contributed by atoms with Crippen LogP contribution in [0.25, 0.3) is 0 Å². The zero-order valence-electron chi connectivity index (χ0n) is 7.83. The lowest BCUT2D eigenvalue weighted by molar-refractivity contribution is -0.116. The first-order valence-corrected chi connectivity index (χ1v) is 5.31. The molecular formula is C8H16O3S. The standard InChI is InChI=1S/C8H16O3S/c1-7(9)6-8(2)12(10)5-4-11-3/h8H,4-6H2,1-3H3. The highest BCUT2D eigenvalue weighted by Gasteiger charge is 2.12. The molecule has 0 rings (SSSR count). The second kappa shape index (κ2) is 6.31. The highest BCUT2D eigenvalue weighted by Crippen LogP contribution is 2.02. The minimum atomic E-state index is -0.931. The van der Waals surface area contributed by atoms with Crippen molar-refractivity contribution in [3.8, 4) is 0 Å². The summed E-state index contributed by atoms with van der Waals surface area (Å²) in [6.07, 6.45) is 0.399. The van der Waals surface area contributed by atoms with Gasteiger partial charge in [-0.2, -0.15) is 0 Å². The van der Waals surface area contributed by atoms with Crippen molar-refractivity contribution in [3.05, 3.63) is 0 Å². The molecule has 0 fully saturated rings. The van der Waals surface area contributed by atoms with Crippen LogP contribution in [-0.2, 0) is 20.3 Å². The SMILES string of the molecule is COCCS(=O)C(C)CC(C)=O. The average molecular weight is 192 g/mol. The predicted molar refractivity (Wildman–Crippen MR) is 49.6 cm³/mol. The summed E-state index contributed by atoms with van der Waals surface area (Å²) in [4.78, 5) is 10.7. The predicted octanol–water partition coefficient (Wildman–Crippen LogP) is 0.749. The Balaban J connectivity index is 3.69. The first kappa shape index (κ1) is 11.8. The van der Waals surface area contributed by atoms with Crippen molar-refractivity contribution in [2.75, 3.05) is 19.5 Å². The molecule has 0 saturated heterocycles. The lowest BCUT2D eigenvalue weighted by Crippen LogP contribution is -2.19. The fourth-order valence-corrected chi connectivity index (χ4v) is 2.02. The molecular weight excluding hydrogens is 176 g/mol. The van der Waals surface area contributed by atoms with Gasteiger partial charge in [-0.3, -0.25) is 9.00 Å². The van der Waals surface area contributed by atoms with Gasteiger partial charge >= 0.3 is 0 Å². The highest BCUT2D eigenvalue weighted by atomic mass is 32.2. The van der Waals surface area contributed by atoms with Gasteiger partial charge in [-0.15, -0.1) is 0 Å². The summed E-state index contributed by atoms with van der Waals surface area (Å²) in [7, 11) is 0.645. The van der Waals surface area contributed by atoms with Crippen molar-refractivity contribution in [1.82, 2.24) is 0 Å². The van der Waals surface area contributed by atoms with Crippen molar-refractivity contribution in [2.24, 2.45) is 0 Å². The Labute approximate surface area is 75.9 Å². The number of hydrogen-bond acceptors (Lipinski definition) is 3. The molecule has 0 heterocycles. The molecule has 3 nitrogen and oxygen atoms in total. The van der Waals surface area contributed by atoms with Gasteiger partial charge in [-0.25, -0.2) is 0 Å². The van der Waals surface area contributed by atoms with E-state index in [1.807, 2.05) is 6.92 Å². The third kappa shape index (κ3) is 5.43. The van der Waals surface area contributed by atoms with E-state index in [2.05, 4.69) is 0 Å². The molecule has 0 aromatic carbocycles. The molecule has 2 atom stereocenters. The van der Waals surface area contributed by atoms with Crippen LogP contribution in [-0.4, -0.2) is 34.7 Å². The maximum absolute atomic E-state index is 11.3. The van der Waals surface area contributed by atoms with Crippen molar-refractivity contribution in [2.45, 2.75) is 25.5 Å². The van der Waals surface area contributed by atoms with Gasteiger partial charge in [0, 0.05) is 35.3 Å². The van der Waals surface area contributed by atoms with Gasteiger partial charge < -0.3 is 4.74 Å². The smallest absolute Gasteiger partial charge is 0.131 e. The average Bonchev–Trinajstić information content (AvgIpc) is 1.98. The van der Waals surface area contributed by atoms with E-state index < -0.39 is 10.8 Å². The van der Waals surface area contributed by atoms with Crippen molar-refractivity contribution in [3.63, 3.8) is 0 Å². The van der Waals surface area contributed by atoms with Crippen LogP contribution in [0.15, 0.2) is 0 Å². The summed E-state index contributed by atoms with van der Waals surface area (Å²) in [6.45, 7) is 3.84. The Kier molecular flexibility index (Phi) is 6.20. The maximum atomic E-state index is 11.3. The molecule has 0 bridgehead atoms. The second-order valence-corrected chi connectivity index (χ2v) is 4.77. The van der Waals surface area contributed by atoms with Crippen molar-refractivity contribution < 1.29 is 13.7 Å². The minimum Gasteiger partial charge on any atom is -0.384 e. The third-order valence-corrected chi connectivity index (χ3v) is 3.15. The number of Topliss-reactive ketones (excluding diaryl/α,β-unsaturated/α-hetero) is 1. The molecule has 4 heteroatoms. The normalized spacial score (nSPS) is 15.6. The number of carbonyl (C=O) groups excluding carboxylic acids is 1. The fraction of sp³-hybridized carbons (Fsp3) is 0.875. The lowest BCUT2D eigenvalue weighted by Gasteiger charge is -2.08. The molecule has 0 aliphatic rings. The third-order valence-electron chi connectivity index (χ3n) is 1.51. The molecule has 0 N–H and O–H groups in total. The van der Waals surface area contributed by atoms with E-state index in [9.17, 15) is 9.00 Å². The summed E-state index contributed by atoms with van der Waals surface area (Å²) in [6, 6.07) is 0. The number of rotatable bonds is 6. The first-order valence-electron chi connectivity index (χ1n) is 3.93. The van der Waals surface area contributed by atoms with E-state index in [0.29, 0.717) is 18.8 Å². The summed E-state index contributed by atoms with van der Waals surface area (Å²) >= 11 is 0. The first-order chi connectivity index (χ1) is 5.57. The van der Waals surface area contributed by atoms with Crippen LogP contribution in [0.2, 0.25) is 0 Å². The van der Waals surface area contributed by atoms with E-state index >= 15 is 0 Å². The Morgan fingerprint density at radius 1 is 1.58 bits per heavy atom. The summed E-state index contributed by atoms with van der Waals surface area (Å²) in [5.74, 6) is 0.610. The minimum absolute atomic E-state index is 0.0438. The van der Waals surface area contributed by atoms with Gasteiger partial charge in [0.15, 0.2) is 0 Å².